The topological polar surface area (TPSA) is 88.8 Å². The highest BCUT2D eigenvalue weighted by molar-refractivity contribution is 6.07. The van der Waals surface area contributed by atoms with Crippen molar-refractivity contribution in [3.63, 3.8) is 0 Å². The van der Waals surface area contributed by atoms with Gasteiger partial charge in [-0.2, -0.15) is 0 Å². The number of carbonyl (C=O) groups excluding carboxylic acids is 3. The standard InChI is InChI=1S/C21H20N2O5/c1-27-19(25)14-10-21(23-8-2-3-17(14)23)15-9-12(4-6-16(15)22-20(21)26)18-7-5-13(11-24)28-18/h4-7,9,11,14,17H,2-3,8,10H2,1H3,(H,22,26). The van der Waals surface area contributed by atoms with Crippen molar-refractivity contribution in [2.75, 3.05) is 19.0 Å². The van der Waals surface area contributed by atoms with Crippen LogP contribution in [0.15, 0.2) is 34.7 Å². The van der Waals surface area contributed by atoms with Crippen LogP contribution in [0.1, 0.15) is 35.4 Å². The van der Waals surface area contributed by atoms with Crippen molar-refractivity contribution in [1.29, 1.82) is 0 Å². The van der Waals surface area contributed by atoms with Crippen molar-refractivity contribution in [3.8, 4) is 11.3 Å². The summed E-state index contributed by atoms with van der Waals surface area (Å²) in [6.45, 7) is 0.769. The van der Waals surface area contributed by atoms with E-state index in [0.717, 1.165) is 36.2 Å². The molecule has 3 aliphatic rings. The summed E-state index contributed by atoms with van der Waals surface area (Å²) in [4.78, 5) is 38.7. The van der Waals surface area contributed by atoms with E-state index in [1.165, 1.54) is 7.11 Å². The Morgan fingerprint density at radius 2 is 2.21 bits per heavy atom. The quantitative estimate of drug-likeness (QED) is 0.650. The van der Waals surface area contributed by atoms with Crippen molar-refractivity contribution >= 4 is 23.9 Å². The molecule has 1 spiro atoms. The van der Waals surface area contributed by atoms with E-state index in [-0.39, 0.29) is 29.6 Å². The Balaban J connectivity index is 1.62. The summed E-state index contributed by atoms with van der Waals surface area (Å²) in [5, 5.41) is 3.00. The molecule has 1 aromatic carbocycles. The van der Waals surface area contributed by atoms with Gasteiger partial charge in [0.15, 0.2) is 12.0 Å². The minimum Gasteiger partial charge on any atom is -0.469 e. The molecule has 2 aromatic rings. The molecule has 28 heavy (non-hydrogen) atoms. The third kappa shape index (κ3) is 2.16. The fourth-order valence-electron chi connectivity index (χ4n) is 5.20. The first-order valence-corrected chi connectivity index (χ1v) is 9.44. The first-order chi connectivity index (χ1) is 13.6. The molecule has 0 aliphatic carbocycles. The van der Waals surface area contributed by atoms with Crippen LogP contribution in [0.3, 0.4) is 0 Å². The summed E-state index contributed by atoms with van der Waals surface area (Å²) in [7, 11) is 1.40. The number of rotatable bonds is 3. The van der Waals surface area contributed by atoms with Gasteiger partial charge in [0.25, 0.3) is 0 Å². The van der Waals surface area contributed by atoms with Crippen molar-refractivity contribution in [1.82, 2.24) is 4.90 Å². The largest absolute Gasteiger partial charge is 0.469 e. The lowest BCUT2D eigenvalue weighted by Gasteiger charge is -2.32. The van der Waals surface area contributed by atoms with Gasteiger partial charge < -0.3 is 14.5 Å². The molecule has 1 N–H and O–H groups in total. The third-order valence-electron chi connectivity index (χ3n) is 6.39. The van der Waals surface area contributed by atoms with Gasteiger partial charge in [-0.05, 0) is 56.1 Å². The van der Waals surface area contributed by atoms with Crippen LogP contribution < -0.4 is 5.32 Å². The Kier molecular flexibility index (Phi) is 3.71. The van der Waals surface area contributed by atoms with Crippen LogP contribution in [-0.2, 0) is 19.9 Å². The van der Waals surface area contributed by atoms with Crippen LogP contribution in [0, 0.1) is 5.92 Å². The molecule has 7 heteroatoms. The number of methoxy groups -OCH3 is 1. The van der Waals surface area contributed by atoms with Gasteiger partial charge in [-0.3, -0.25) is 19.3 Å². The molecule has 3 aliphatic heterocycles. The van der Waals surface area contributed by atoms with Crippen LogP contribution in [0.2, 0.25) is 0 Å². The lowest BCUT2D eigenvalue weighted by Crippen LogP contribution is -2.47. The SMILES string of the molecule is COC(=O)C1CC2(C(=O)Nc3ccc(-c4ccc(C=O)o4)cc32)N2CCCC12. The van der Waals surface area contributed by atoms with Gasteiger partial charge in [-0.1, -0.05) is 0 Å². The molecule has 0 bridgehead atoms. The van der Waals surface area contributed by atoms with E-state index < -0.39 is 5.54 Å². The highest BCUT2D eigenvalue weighted by atomic mass is 16.5. The summed E-state index contributed by atoms with van der Waals surface area (Å²) in [6.07, 6.45) is 2.90. The summed E-state index contributed by atoms with van der Waals surface area (Å²) < 4.78 is 10.6. The molecule has 4 heterocycles. The summed E-state index contributed by atoms with van der Waals surface area (Å²) in [5.74, 6) is 0.155. The number of ether oxygens (including phenoxy) is 1. The third-order valence-corrected chi connectivity index (χ3v) is 6.39. The van der Waals surface area contributed by atoms with Gasteiger partial charge in [0.05, 0.1) is 13.0 Å². The molecule has 5 rings (SSSR count). The van der Waals surface area contributed by atoms with E-state index >= 15 is 0 Å². The zero-order valence-electron chi connectivity index (χ0n) is 15.4. The van der Waals surface area contributed by atoms with E-state index in [1.54, 1.807) is 12.1 Å². The van der Waals surface area contributed by atoms with Crippen LogP contribution in [-0.4, -0.2) is 42.8 Å². The number of nitrogens with zero attached hydrogens (tertiary/aromatic N) is 1. The summed E-state index contributed by atoms with van der Waals surface area (Å²) in [6, 6.07) is 9.03. The Bertz CT molecular complexity index is 996. The zero-order chi connectivity index (χ0) is 19.5. The number of furan rings is 1. The minimum absolute atomic E-state index is 0.0121. The average molecular weight is 380 g/mol. The molecule has 3 unspecified atom stereocenters. The molecule has 7 nitrogen and oxygen atoms in total. The maximum absolute atomic E-state index is 13.2. The van der Waals surface area contributed by atoms with Crippen LogP contribution in [0.25, 0.3) is 11.3 Å². The molecule has 3 atom stereocenters. The molecule has 1 aromatic heterocycles. The van der Waals surface area contributed by atoms with Gasteiger partial charge in [0.1, 0.15) is 11.3 Å². The summed E-state index contributed by atoms with van der Waals surface area (Å²) >= 11 is 0. The molecular formula is C21H20N2O5. The molecule has 144 valence electrons. The maximum Gasteiger partial charge on any atom is 0.310 e. The second-order valence-corrected chi connectivity index (χ2v) is 7.63. The van der Waals surface area contributed by atoms with Gasteiger partial charge in [-0.25, -0.2) is 0 Å². The molecule has 2 saturated heterocycles. The number of hydrogen-bond donors (Lipinski definition) is 1. The van der Waals surface area contributed by atoms with Gasteiger partial charge in [0.2, 0.25) is 5.91 Å². The number of nitrogens with one attached hydrogen (secondary N) is 1. The predicted molar refractivity (Wildman–Crippen MR) is 99.7 cm³/mol. The Morgan fingerprint density at radius 3 is 2.96 bits per heavy atom. The summed E-state index contributed by atoms with van der Waals surface area (Å²) in [5.41, 5.74) is 1.54. The predicted octanol–water partition coefficient (Wildman–Crippen LogP) is 2.56. The van der Waals surface area contributed by atoms with Gasteiger partial charge in [0, 0.05) is 22.9 Å². The number of carbonyl (C=O) groups is 3. The number of aldehydes is 1. The number of hydrogen-bond acceptors (Lipinski definition) is 6. The van der Waals surface area contributed by atoms with E-state index in [9.17, 15) is 14.4 Å². The monoisotopic (exact) mass is 380 g/mol. The molecular weight excluding hydrogens is 360 g/mol. The van der Waals surface area contributed by atoms with E-state index in [2.05, 4.69) is 10.2 Å². The smallest absolute Gasteiger partial charge is 0.310 e. The molecule has 2 fully saturated rings. The Labute approximate surface area is 161 Å². The van der Waals surface area contributed by atoms with Crippen molar-refractivity contribution in [2.45, 2.75) is 30.8 Å². The number of anilines is 1. The van der Waals surface area contributed by atoms with Crippen molar-refractivity contribution in [3.05, 3.63) is 41.7 Å². The number of benzene rings is 1. The highest BCUT2D eigenvalue weighted by Crippen LogP contribution is 2.55. The fourth-order valence-corrected chi connectivity index (χ4v) is 5.20. The first-order valence-electron chi connectivity index (χ1n) is 9.44. The molecule has 0 radical (unpaired) electrons. The normalized spacial score (nSPS) is 28.2. The Hall–Kier alpha value is -2.93. The van der Waals surface area contributed by atoms with Gasteiger partial charge in [-0.15, -0.1) is 0 Å². The van der Waals surface area contributed by atoms with Crippen molar-refractivity contribution < 1.29 is 23.5 Å². The molecule has 1 amide bonds. The average Bonchev–Trinajstić information content (AvgIpc) is 3.46. The number of fused-ring (bicyclic) bond motifs is 4. The van der Waals surface area contributed by atoms with Crippen LogP contribution in [0.4, 0.5) is 5.69 Å². The maximum atomic E-state index is 13.2. The van der Waals surface area contributed by atoms with Crippen LogP contribution in [0.5, 0.6) is 0 Å². The van der Waals surface area contributed by atoms with Crippen molar-refractivity contribution in [2.24, 2.45) is 5.92 Å². The zero-order valence-corrected chi connectivity index (χ0v) is 15.4. The highest BCUT2D eigenvalue weighted by Gasteiger charge is 2.63. The Morgan fingerprint density at radius 1 is 1.36 bits per heavy atom. The molecule has 0 saturated carbocycles. The minimum atomic E-state index is -0.870. The fraction of sp³-hybridized carbons (Fsp3) is 0.381. The van der Waals surface area contributed by atoms with E-state index in [4.69, 9.17) is 9.15 Å². The van der Waals surface area contributed by atoms with E-state index in [1.807, 2.05) is 18.2 Å². The van der Waals surface area contributed by atoms with Crippen LogP contribution >= 0.6 is 0 Å². The second kappa shape index (κ2) is 6.04. The van der Waals surface area contributed by atoms with E-state index in [0.29, 0.717) is 18.5 Å². The number of esters is 1. The number of amides is 1. The van der Waals surface area contributed by atoms with Gasteiger partial charge >= 0.3 is 5.97 Å². The first kappa shape index (κ1) is 17.2. The lowest BCUT2D eigenvalue weighted by atomic mass is 9.83. The second-order valence-electron chi connectivity index (χ2n) is 7.63. The lowest BCUT2D eigenvalue weighted by molar-refractivity contribution is -0.146.